The number of aryl methyl sites for hydroxylation is 1. The predicted octanol–water partition coefficient (Wildman–Crippen LogP) is 1.54. The average molecular weight is 212 g/mol. The topological polar surface area (TPSA) is 25.4 Å². The lowest BCUT2D eigenvalue weighted by Gasteiger charge is -2.25. The van der Waals surface area contributed by atoms with E-state index in [1.807, 2.05) is 0 Å². The SMILES string of the molecule is CCc1csc(CN2CCOCC2)n1. The summed E-state index contributed by atoms with van der Waals surface area (Å²) in [5, 5.41) is 3.40. The highest BCUT2D eigenvalue weighted by Gasteiger charge is 2.12. The molecule has 0 spiro atoms. The minimum Gasteiger partial charge on any atom is -0.379 e. The first kappa shape index (κ1) is 10.1. The van der Waals surface area contributed by atoms with Gasteiger partial charge in [0, 0.05) is 18.5 Å². The van der Waals surface area contributed by atoms with Gasteiger partial charge < -0.3 is 4.74 Å². The number of rotatable bonds is 3. The summed E-state index contributed by atoms with van der Waals surface area (Å²) in [5.41, 5.74) is 1.22. The maximum atomic E-state index is 5.31. The maximum absolute atomic E-state index is 5.31. The van der Waals surface area contributed by atoms with Gasteiger partial charge in [0.2, 0.25) is 0 Å². The van der Waals surface area contributed by atoms with Gasteiger partial charge in [0.1, 0.15) is 5.01 Å². The van der Waals surface area contributed by atoms with Crippen molar-refractivity contribution in [1.82, 2.24) is 9.88 Å². The van der Waals surface area contributed by atoms with E-state index in [1.165, 1.54) is 10.7 Å². The molecule has 0 bridgehead atoms. The third-order valence-electron chi connectivity index (χ3n) is 2.42. The molecule has 1 fully saturated rings. The van der Waals surface area contributed by atoms with Gasteiger partial charge in [-0.25, -0.2) is 4.98 Å². The van der Waals surface area contributed by atoms with Gasteiger partial charge in [-0.1, -0.05) is 6.92 Å². The minimum atomic E-state index is 0.867. The van der Waals surface area contributed by atoms with Crippen molar-refractivity contribution < 1.29 is 4.74 Å². The van der Waals surface area contributed by atoms with Crippen LogP contribution in [0.1, 0.15) is 17.6 Å². The lowest BCUT2D eigenvalue weighted by Crippen LogP contribution is -2.35. The van der Waals surface area contributed by atoms with Crippen LogP contribution in [0.5, 0.6) is 0 Å². The fourth-order valence-corrected chi connectivity index (χ4v) is 2.45. The molecule has 3 nitrogen and oxygen atoms in total. The maximum Gasteiger partial charge on any atom is 0.107 e. The summed E-state index contributed by atoms with van der Waals surface area (Å²) in [4.78, 5) is 6.96. The molecule has 0 amide bonds. The van der Waals surface area contributed by atoms with Crippen molar-refractivity contribution in [3.8, 4) is 0 Å². The van der Waals surface area contributed by atoms with Crippen molar-refractivity contribution in [1.29, 1.82) is 0 Å². The standard InChI is InChI=1S/C10H16N2OS/c1-2-9-8-14-10(11-9)7-12-3-5-13-6-4-12/h8H,2-7H2,1H3. The van der Waals surface area contributed by atoms with E-state index in [1.54, 1.807) is 11.3 Å². The molecule has 0 aliphatic carbocycles. The van der Waals surface area contributed by atoms with E-state index in [0.29, 0.717) is 0 Å². The quantitative estimate of drug-likeness (QED) is 0.760. The van der Waals surface area contributed by atoms with E-state index in [9.17, 15) is 0 Å². The molecule has 1 aromatic rings. The summed E-state index contributed by atoms with van der Waals surface area (Å²) in [5.74, 6) is 0. The molecule has 1 saturated heterocycles. The molecular formula is C10H16N2OS. The minimum absolute atomic E-state index is 0.867. The van der Waals surface area contributed by atoms with Crippen molar-refractivity contribution in [3.63, 3.8) is 0 Å². The van der Waals surface area contributed by atoms with E-state index in [-0.39, 0.29) is 0 Å². The fourth-order valence-electron chi connectivity index (χ4n) is 1.53. The zero-order valence-electron chi connectivity index (χ0n) is 8.53. The number of thiazole rings is 1. The number of aromatic nitrogens is 1. The second-order valence-corrected chi connectivity index (χ2v) is 4.42. The Bertz CT molecular complexity index is 281. The molecule has 0 saturated carbocycles. The highest BCUT2D eigenvalue weighted by atomic mass is 32.1. The Morgan fingerprint density at radius 2 is 2.29 bits per heavy atom. The molecule has 0 atom stereocenters. The summed E-state index contributed by atoms with van der Waals surface area (Å²) in [7, 11) is 0. The molecular weight excluding hydrogens is 196 g/mol. The number of hydrogen-bond donors (Lipinski definition) is 0. The zero-order valence-corrected chi connectivity index (χ0v) is 9.35. The summed E-state index contributed by atoms with van der Waals surface area (Å²) in [6.07, 6.45) is 1.04. The van der Waals surface area contributed by atoms with E-state index in [2.05, 4.69) is 22.2 Å². The highest BCUT2D eigenvalue weighted by Crippen LogP contribution is 2.13. The first-order chi connectivity index (χ1) is 6.88. The Balaban J connectivity index is 1.89. The molecule has 4 heteroatoms. The monoisotopic (exact) mass is 212 g/mol. The van der Waals surface area contributed by atoms with Gasteiger partial charge in [-0.2, -0.15) is 0 Å². The Morgan fingerprint density at radius 1 is 1.50 bits per heavy atom. The second-order valence-electron chi connectivity index (χ2n) is 3.47. The van der Waals surface area contributed by atoms with Crippen LogP contribution in [0.4, 0.5) is 0 Å². The van der Waals surface area contributed by atoms with Gasteiger partial charge in [0.25, 0.3) is 0 Å². The van der Waals surface area contributed by atoms with Crippen LogP contribution in [0.15, 0.2) is 5.38 Å². The third kappa shape index (κ3) is 2.53. The zero-order chi connectivity index (χ0) is 9.80. The number of nitrogens with zero attached hydrogens (tertiary/aromatic N) is 2. The second kappa shape index (κ2) is 4.87. The normalized spacial score (nSPS) is 18.6. The molecule has 2 rings (SSSR count). The van der Waals surface area contributed by atoms with E-state index < -0.39 is 0 Å². The Kier molecular flexibility index (Phi) is 3.50. The number of morpholine rings is 1. The largest absolute Gasteiger partial charge is 0.379 e. The van der Waals surface area contributed by atoms with Crippen LogP contribution in [0.3, 0.4) is 0 Å². The summed E-state index contributed by atoms with van der Waals surface area (Å²) in [6.45, 7) is 6.96. The van der Waals surface area contributed by atoms with E-state index in [0.717, 1.165) is 39.3 Å². The van der Waals surface area contributed by atoms with Crippen LogP contribution in [0, 0.1) is 0 Å². The third-order valence-corrected chi connectivity index (χ3v) is 3.31. The van der Waals surface area contributed by atoms with Crippen molar-refractivity contribution in [3.05, 3.63) is 16.1 Å². The summed E-state index contributed by atoms with van der Waals surface area (Å²) >= 11 is 1.77. The number of hydrogen-bond acceptors (Lipinski definition) is 4. The molecule has 78 valence electrons. The van der Waals surface area contributed by atoms with Gasteiger partial charge in [-0.3, -0.25) is 4.90 Å². The van der Waals surface area contributed by atoms with Crippen LogP contribution in [-0.2, 0) is 17.7 Å². The molecule has 0 radical (unpaired) electrons. The molecule has 1 aliphatic heterocycles. The van der Waals surface area contributed by atoms with Crippen LogP contribution in [-0.4, -0.2) is 36.2 Å². The molecule has 1 aliphatic rings. The predicted molar refractivity (Wildman–Crippen MR) is 57.6 cm³/mol. The molecule has 0 unspecified atom stereocenters. The van der Waals surface area contributed by atoms with E-state index in [4.69, 9.17) is 4.74 Å². The van der Waals surface area contributed by atoms with Gasteiger partial charge in [-0.05, 0) is 6.42 Å². The van der Waals surface area contributed by atoms with Gasteiger partial charge in [0.15, 0.2) is 0 Å². The first-order valence-electron chi connectivity index (χ1n) is 5.12. The lowest BCUT2D eigenvalue weighted by atomic mass is 10.4. The Hall–Kier alpha value is -0.450. The fraction of sp³-hybridized carbons (Fsp3) is 0.700. The summed E-state index contributed by atoms with van der Waals surface area (Å²) in [6, 6.07) is 0. The van der Waals surface area contributed by atoms with Crippen molar-refractivity contribution in [2.24, 2.45) is 0 Å². The lowest BCUT2D eigenvalue weighted by molar-refractivity contribution is 0.0341. The van der Waals surface area contributed by atoms with Crippen LogP contribution < -0.4 is 0 Å². The molecule has 14 heavy (non-hydrogen) atoms. The van der Waals surface area contributed by atoms with Crippen molar-refractivity contribution in [2.75, 3.05) is 26.3 Å². The van der Waals surface area contributed by atoms with Gasteiger partial charge in [-0.15, -0.1) is 11.3 Å². The van der Waals surface area contributed by atoms with E-state index >= 15 is 0 Å². The Labute approximate surface area is 88.7 Å². The molecule has 2 heterocycles. The van der Waals surface area contributed by atoms with Crippen LogP contribution in [0.2, 0.25) is 0 Å². The summed E-state index contributed by atoms with van der Waals surface area (Å²) < 4.78 is 5.31. The number of ether oxygens (including phenoxy) is 1. The molecule has 0 N–H and O–H groups in total. The van der Waals surface area contributed by atoms with Crippen molar-refractivity contribution in [2.45, 2.75) is 19.9 Å². The van der Waals surface area contributed by atoms with Gasteiger partial charge >= 0.3 is 0 Å². The first-order valence-corrected chi connectivity index (χ1v) is 6.00. The molecule has 1 aromatic heterocycles. The van der Waals surface area contributed by atoms with Crippen LogP contribution in [0.25, 0.3) is 0 Å². The smallest absolute Gasteiger partial charge is 0.107 e. The molecule has 0 aromatic carbocycles. The van der Waals surface area contributed by atoms with Crippen LogP contribution >= 0.6 is 11.3 Å². The van der Waals surface area contributed by atoms with Gasteiger partial charge in [0.05, 0.1) is 25.5 Å². The Morgan fingerprint density at radius 3 is 2.93 bits per heavy atom. The highest BCUT2D eigenvalue weighted by molar-refractivity contribution is 7.09. The average Bonchev–Trinajstić information content (AvgIpc) is 2.67. The van der Waals surface area contributed by atoms with Crippen molar-refractivity contribution >= 4 is 11.3 Å².